The molecule has 0 spiro atoms. The standard InChI is InChI=1S/C14H17NO3/c1-2-3-12(16)11(9-15)10-4-5-13-14(8-10)18-7-6-17-13/h4-5,8,11-12,16H,2-3,6-7H2,1H3. The van der Waals surface area contributed by atoms with Crippen molar-refractivity contribution >= 4 is 0 Å². The molecule has 4 heteroatoms. The Morgan fingerprint density at radius 3 is 2.72 bits per heavy atom. The lowest BCUT2D eigenvalue weighted by atomic mass is 9.92. The second-order valence-electron chi connectivity index (χ2n) is 4.37. The van der Waals surface area contributed by atoms with Crippen LogP contribution in [0.2, 0.25) is 0 Å². The lowest BCUT2D eigenvalue weighted by Gasteiger charge is -2.21. The van der Waals surface area contributed by atoms with E-state index in [9.17, 15) is 10.4 Å². The van der Waals surface area contributed by atoms with Crippen LogP contribution in [-0.4, -0.2) is 24.4 Å². The third kappa shape index (κ3) is 2.57. The molecule has 18 heavy (non-hydrogen) atoms. The number of aliphatic hydroxyl groups is 1. The van der Waals surface area contributed by atoms with Crippen LogP contribution >= 0.6 is 0 Å². The van der Waals surface area contributed by atoms with Crippen molar-refractivity contribution in [3.05, 3.63) is 23.8 Å². The van der Waals surface area contributed by atoms with Crippen molar-refractivity contribution in [3.8, 4) is 17.6 Å². The number of nitrogens with zero attached hydrogens (tertiary/aromatic N) is 1. The molecule has 1 aromatic rings. The maximum Gasteiger partial charge on any atom is 0.161 e. The molecule has 1 heterocycles. The highest BCUT2D eigenvalue weighted by molar-refractivity contribution is 5.46. The molecule has 0 saturated carbocycles. The van der Waals surface area contributed by atoms with E-state index in [4.69, 9.17) is 9.47 Å². The van der Waals surface area contributed by atoms with Gasteiger partial charge in [-0.05, 0) is 24.1 Å². The summed E-state index contributed by atoms with van der Waals surface area (Å²) in [6.07, 6.45) is 0.832. The number of benzene rings is 1. The van der Waals surface area contributed by atoms with E-state index in [0.29, 0.717) is 31.1 Å². The molecule has 2 unspecified atom stereocenters. The highest BCUT2D eigenvalue weighted by Crippen LogP contribution is 2.34. The molecule has 2 atom stereocenters. The Balaban J connectivity index is 2.24. The molecular weight excluding hydrogens is 230 g/mol. The minimum absolute atomic E-state index is 0.513. The number of rotatable bonds is 4. The zero-order chi connectivity index (χ0) is 13.0. The van der Waals surface area contributed by atoms with Crippen molar-refractivity contribution in [3.63, 3.8) is 0 Å². The van der Waals surface area contributed by atoms with Crippen LogP contribution < -0.4 is 9.47 Å². The van der Waals surface area contributed by atoms with Crippen LogP contribution in [0.5, 0.6) is 11.5 Å². The molecule has 1 aliphatic heterocycles. The van der Waals surface area contributed by atoms with Gasteiger partial charge < -0.3 is 14.6 Å². The SMILES string of the molecule is CCCC(O)C(C#N)c1ccc2c(c1)OCCO2. The predicted octanol–water partition coefficient (Wildman–Crippen LogP) is 2.23. The molecule has 1 aliphatic rings. The van der Waals surface area contributed by atoms with Crippen LogP contribution in [0.15, 0.2) is 18.2 Å². The van der Waals surface area contributed by atoms with Crippen LogP contribution in [0.3, 0.4) is 0 Å². The van der Waals surface area contributed by atoms with Crippen LogP contribution in [-0.2, 0) is 0 Å². The van der Waals surface area contributed by atoms with Crippen LogP contribution in [0.1, 0.15) is 31.2 Å². The van der Waals surface area contributed by atoms with Gasteiger partial charge in [0.25, 0.3) is 0 Å². The van der Waals surface area contributed by atoms with Gasteiger partial charge in [0, 0.05) is 0 Å². The topological polar surface area (TPSA) is 62.5 Å². The average molecular weight is 247 g/mol. The molecule has 0 bridgehead atoms. The van der Waals surface area contributed by atoms with Crippen LogP contribution in [0.25, 0.3) is 0 Å². The Bertz CT molecular complexity index is 453. The van der Waals surface area contributed by atoms with E-state index in [1.165, 1.54) is 0 Å². The Labute approximate surface area is 107 Å². The molecule has 2 rings (SSSR count). The van der Waals surface area contributed by atoms with E-state index in [1.807, 2.05) is 13.0 Å². The zero-order valence-corrected chi connectivity index (χ0v) is 10.4. The smallest absolute Gasteiger partial charge is 0.161 e. The quantitative estimate of drug-likeness (QED) is 0.886. The van der Waals surface area contributed by atoms with Gasteiger partial charge in [0.1, 0.15) is 13.2 Å². The van der Waals surface area contributed by atoms with E-state index >= 15 is 0 Å². The number of aliphatic hydroxyl groups excluding tert-OH is 1. The van der Waals surface area contributed by atoms with Gasteiger partial charge in [-0.25, -0.2) is 0 Å². The molecule has 96 valence electrons. The van der Waals surface area contributed by atoms with Crippen molar-refractivity contribution in [1.29, 1.82) is 5.26 Å². The summed E-state index contributed by atoms with van der Waals surface area (Å²) in [5, 5.41) is 19.2. The first-order valence-corrected chi connectivity index (χ1v) is 6.23. The number of ether oxygens (including phenoxy) is 2. The van der Waals surface area contributed by atoms with Gasteiger partial charge in [0.05, 0.1) is 18.1 Å². The monoisotopic (exact) mass is 247 g/mol. The highest BCUT2D eigenvalue weighted by atomic mass is 16.6. The fourth-order valence-corrected chi connectivity index (χ4v) is 2.10. The van der Waals surface area contributed by atoms with E-state index in [-0.39, 0.29) is 0 Å². The highest BCUT2D eigenvalue weighted by Gasteiger charge is 2.22. The second kappa shape index (κ2) is 5.74. The molecule has 0 saturated heterocycles. The molecule has 0 amide bonds. The largest absolute Gasteiger partial charge is 0.486 e. The molecular formula is C14H17NO3. The zero-order valence-electron chi connectivity index (χ0n) is 10.4. The molecule has 0 aromatic heterocycles. The minimum Gasteiger partial charge on any atom is -0.486 e. The molecule has 0 aliphatic carbocycles. The summed E-state index contributed by atoms with van der Waals surface area (Å²) in [7, 11) is 0. The maximum absolute atomic E-state index is 9.97. The van der Waals surface area contributed by atoms with Gasteiger partial charge in [-0.3, -0.25) is 0 Å². The Morgan fingerprint density at radius 1 is 1.33 bits per heavy atom. The first kappa shape index (κ1) is 12.7. The van der Waals surface area contributed by atoms with E-state index < -0.39 is 12.0 Å². The fraction of sp³-hybridized carbons (Fsp3) is 0.500. The first-order valence-electron chi connectivity index (χ1n) is 6.23. The van der Waals surface area contributed by atoms with Crippen molar-refractivity contribution in [2.75, 3.05) is 13.2 Å². The summed E-state index contributed by atoms with van der Waals surface area (Å²) in [6, 6.07) is 7.57. The van der Waals surface area contributed by atoms with Gasteiger partial charge in [0.2, 0.25) is 0 Å². The third-order valence-electron chi connectivity index (χ3n) is 3.03. The molecule has 0 fully saturated rings. The van der Waals surface area contributed by atoms with Crippen LogP contribution in [0, 0.1) is 11.3 Å². The lowest BCUT2D eigenvalue weighted by molar-refractivity contribution is 0.149. The van der Waals surface area contributed by atoms with Crippen molar-refractivity contribution < 1.29 is 14.6 Å². The van der Waals surface area contributed by atoms with Crippen molar-refractivity contribution in [2.24, 2.45) is 0 Å². The van der Waals surface area contributed by atoms with E-state index in [0.717, 1.165) is 12.0 Å². The van der Waals surface area contributed by atoms with E-state index in [1.54, 1.807) is 12.1 Å². The average Bonchev–Trinajstić information content (AvgIpc) is 2.40. The molecule has 1 N–H and O–H groups in total. The molecule has 0 radical (unpaired) electrons. The van der Waals surface area contributed by atoms with Crippen molar-refractivity contribution in [2.45, 2.75) is 31.8 Å². The first-order chi connectivity index (χ1) is 8.76. The Morgan fingerprint density at radius 2 is 2.06 bits per heavy atom. The summed E-state index contributed by atoms with van der Waals surface area (Å²) in [6.45, 7) is 3.05. The van der Waals surface area contributed by atoms with Gasteiger partial charge >= 0.3 is 0 Å². The summed E-state index contributed by atoms with van der Waals surface area (Å²) in [5.74, 6) is 0.843. The normalized spacial score (nSPS) is 16.7. The van der Waals surface area contributed by atoms with Gasteiger partial charge in [-0.2, -0.15) is 5.26 Å². The van der Waals surface area contributed by atoms with Gasteiger partial charge in [0.15, 0.2) is 11.5 Å². The Kier molecular flexibility index (Phi) is 4.06. The number of nitriles is 1. The van der Waals surface area contributed by atoms with Crippen molar-refractivity contribution in [1.82, 2.24) is 0 Å². The van der Waals surface area contributed by atoms with Gasteiger partial charge in [-0.15, -0.1) is 0 Å². The maximum atomic E-state index is 9.97. The minimum atomic E-state index is -0.637. The summed E-state index contributed by atoms with van der Waals surface area (Å²) in [5.41, 5.74) is 0.780. The Hall–Kier alpha value is -1.73. The fourth-order valence-electron chi connectivity index (χ4n) is 2.10. The second-order valence-corrected chi connectivity index (χ2v) is 4.37. The molecule has 4 nitrogen and oxygen atoms in total. The molecule has 1 aromatic carbocycles. The summed E-state index contributed by atoms with van der Waals surface area (Å²) < 4.78 is 10.9. The number of hydrogen-bond donors (Lipinski definition) is 1. The predicted molar refractivity (Wildman–Crippen MR) is 66.7 cm³/mol. The van der Waals surface area contributed by atoms with Crippen LogP contribution in [0.4, 0.5) is 0 Å². The number of hydrogen-bond acceptors (Lipinski definition) is 4. The summed E-state index contributed by atoms with van der Waals surface area (Å²) in [4.78, 5) is 0. The van der Waals surface area contributed by atoms with E-state index in [2.05, 4.69) is 6.07 Å². The third-order valence-corrected chi connectivity index (χ3v) is 3.03. The summed E-state index contributed by atoms with van der Waals surface area (Å²) >= 11 is 0. The van der Waals surface area contributed by atoms with Gasteiger partial charge in [-0.1, -0.05) is 19.4 Å². The number of fused-ring (bicyclic) bond motifs is 1. The lowest BCUT2D eigenvalue weighted by Crippen LogP contribution is -2.18.